The lowest BCUT2D eigenvalue weighted by molar-refractivity contribution is -0.274. The molecule has 4 aromatic rings. The Balaban J connectivity index is 1.06. The zero-order valence-electron chi connectivity index (χ0n) is 28.6. The van der Waals surface area contributed by atoms with Gasteiger partial charge in [-0.1, -0.05) is 42.8 Å². The monoisotopic (exact) mass is 672 g/mol. The van der Waals surface area contributed by atoms with Gasteiger partial charge in [0.05, 0.1) is 6.04 Å². The van der Waals surface area contributed by atoms with Crippen LogP contribution in [0, 0.1) is 13.8 Å². The number of nitrogens with one attached hydrogen (secondary N) is 1. The van der Waals surface area contributed by atoms with E-state index in [1.807, 2.05) is 0 Å². The van der Waals surface area contributed by atoms with Crippen LogP contribution in [0.25, 0.3) is 22.0 Å². The molecule has 49 heavy (non-hydrogen) atoms. The van der Waals surface area contributed by atoms with Crippen molar-refractivity contribution in [3.05, 3.63) is 89.1 Å². The molecule has 3 aliphatic heterocycles. The van der Waals surface area contributed by atoms with E-state index < -0.39 is 6.36 Å². The lowest BCUT2D eigenvalue weighted by Gasteiger charge is -2.34. The lowest BCUT2D eigenvalue weighted by atomic mass is 9.98. The normalized spacial score (nSPS) is 21.5. The van der Waals surface area contributed by atoms with E-state index in [0.717, 1.165) is 93.4 Å². The third-order valence-corrected chi connectivity index (χ3v) is 11.0. The number of rotatable bonds is 12. The van der Waals surface area contributed by atoms with Gasteiger partial charge in [-0.05, 0) is 105 Å². The number of carbonyl (C=O) groups excluding carboxylic acids is 1. The molecule has 3 saturated heterocycles. The maximum atomic E-state index is 12.8. The Labute approximate surface area is 287 Å². The Morgan fingerprint density at radius 2 is 1.65 bits per heavy atom. The molecule has 1 N–H and O–H groups in total. The van der Waals surface area contributed by atoms with E-state index >= 15 is 0 Å². The van der Waals surface area contributed by atoms with Gasteiger partial charge in [0.2, 0.25) is 0 Å². The zero-order chi connectivity index (χ0) is 34.1. The van der Waals surface area contributed by atoms with Crippen molar-refractivity contribution in [1.29, 1.82) is 0 Å². The molecule has 0 radical (unpaired) electrons. The van der Waals surface area contributed by atoms with Gasteiger partial charge in [0.1, 0.15) is 11.5 Å². The molecule has 3 aromatic carbocycles. The number of likely N-dealkylation sites (tertiary alicyclic amines) is 2. The second kappa shape index (κ2) is 14.3. The van der Waals surface area contributed by atoms with Gasteiger partial charge in [-0.25, -0.2) is 0 Å². The number of piperazine rings is 1. The summed E-state index contributed by atoms with van der Waals surface area (Å²) in [5.41, 5.74) is 8.35. The van der Waals surface area contributed by atoms with Crippen LogP contribution in [0.5, 0.6) is 5.75 Å². The molecule has 6 nitrogen and oxygen atoms in total. The first-order valence-electron chi connectivity index (χ1n) is 17.9. The number of fused-ring (bicyclic) bond motifs is 3. The first-order valence-corrected chi connectivity index (χ1v) is 17.9. The molecule has 2 bridgehead atoms. The predicted molar refractivity (Wildman–Crippen MR) is 187 cm³/mol. The Kier molecular flexibility index (Phi) is 9.86. The summed E-state index contributed by atoms with van der Waals surface area (Å²) in [5, 5.41) is 4.45. The highest BCUT2D eigenvalue weighted by Crippen LogP contribution is 2.37. The first kappa shape index (κ1) is 33.8. The molecular formula is C40H47F3N4O2. The van der Waals surface area contributed by atoms with Crippen molar-refractivity contribution in [3.8, 4) is 16.9 Å². The fourth-order valence-corrected chi connectivity index (χ4v) is 8.33. The number of hydrogen-bond donors (Lipinski definition) is 1. The molecule has 4 heterocycles. The number of unbranched alkanes of at least 4 members (excludes halogenated alkanes) is 1. The highest BCUT2D eigenvalue weighted by Gasteiger charge is 2.43. The number of nitrogens with zero attached hydrogens (tertiary/aromatic N) is 3. The summed E-state index contributed by atoms with van der Waals surface area (Å²) < 4.78 is 44.9. The van der Waals surface area contributed by atoms with Gasteiger partial charge in [-0.15, -0.1) is 13.2 Å². The molecule has 3 aliphatic rings. The number of ether oxygens (including phenoxy) is 1. The van der Waals surface area contributed by atoms with Crippen LogP contribution in [0.2, 0.25) is 0 Å². The van der Waals surface area contributed by atoms with Crippen molar-refractivity contribution >= 4 is 16.7 Å². The summed E-state index contributed by atoms with van der Waals surface area (Å²) in [6.07, 6.45) is 4.03. The number of piperidine rings is 1. The molecule has 0 aliphatic carbocycles. The smallest absolute Gasteiger partial charge is 0.406 e. The van der Waals surface area contributed by atoms with Crippen LogP contribution >= 0.6 is 0 Å². The second-order valence-electron chi connectivity index (χ2n) is 14.4. The number of carbonyl (C=O) groups is 1. The molecule has 0 saturated carbocycles. The number of aromatic nitrogens is 1. The fraction of sp³-hybridized carbons (Fsp3) is 0.475. The van der Waals surface area contributed by atoms with Crippen molar-refractivity contribution in [2.75, 3.05) is 19.6 Å². The predicted octanol–water partition coefficient (Wildman–Crippen LogP) is 8.16. The third-order valence-electron chi connectivity index (χ3n) is 11.0. The van der Waals surface area contributed by atoms with E-state index in [0.29, 0.717) is 24.3 Å². The van der Waals surface area contributed by atoms with Gasteiger partial charge in [-0.3, -0.25) is 14.6 Å². The molecule has 3 fully saturated rings. The van der Waals surface area contributed by atoms with E-state index in [1.54, 1.807) is 12.1 Å². The van der Waals surface area contributed by atoms with E-state index in [9.17, 15) is 18.0 Å². The minimum Gasteiger partial charge on any atom is -0.406 e. The molecular weight excluding hydrogens is 625 g/mol. The minimum atomic E-state index is -4.73. The van der Waals surface area contributed by atoms with Gasteiger partial charge >= 0.3 is 6.36 Å². The van der Waals surface area contributed by atoms with Crippen LogP contribution in [0.15, 0.2) is 66.9 Å². The molecule has 3 unspecified atom stereocenters. The van der Waals surface area contributed by atoms with Crippen LogP contribution in [0.4, 0.5) is 13.2 Å². The standard InChI is InChI=1S/C40H47F3N4O2/c1-27-8-7-9-28(2)35(27)25-47-24-31-21-32(47)23-46(31)22-29-12-17-38-34(20-29)36(30-13-15-33(16-14-30)49-40(41,42)43)26-45(38)19-6-4-11-39(48)37-10-3-5-18-44-37/h7-9,12-17,20,26,31-32,37,44H,3-6,10-11,18-19,21-25H2,1-2H3. The van der Waals surface area contributed by atoms with Crippen molar-refractivity contribution < 1.29 is 22.7 Å². The second-order valence-corrected chi connectivity index (χ2v) is 14.4. The van der Waals surface area contributed by atoms with Gasteiger partial charge in [0.15, 0.2) is 0 Å². The Morgan fingerprint density at radius 3 is 2.33 bits per heavy atom. The largest absolute Gasteiger partial charge is 0.573 e. The fourth-order valence-electron chi connectivity index (χ4n) is 8.33. The van der Waals surface area contributed by atoms with Crippen LogP contribution in [-0.4, -0.2) is 64.3 Å². The van der Waals surface area contributed by atoms with Gasteiger partial charge in [0.25, 0.3) is 0 Å². The van der Waals surface area contributed by atoms with Crippen LogP contribution < -0.4 is 10.1 Å². The molecule has 1 aromatic heterocycles. The van der Waals surface area contributed by atoms with E-state index in [4.69, 9.17) is 0 Å². The molecule has 0 amide bonds. The quantitative estimate of drug-likeness (QED) is 0.154. The van der Waals surface area contributed by atoms with Crippen LogP contribution in [-0.2, 0) is 24.4 Å². The number of alkyl halides is 3. The number of Topliss-reactive ketones (excluding diaryl/α,β-unsaturated/α-hetero) is 1. The SMILES string of the molecule is Cc1cccc(C)c1CN1CC2CC1CN2Cc1ccc2c(c1)c(-c1ccc(OC(F)(F)F)cc1)cn2CCCCC(=O)C1CCCCN1. The average Bonchev–Trinajstić information content (AvgIpc) is 3.77. The summed E-state index contributed by atoms with van der Waals surface area (Å²) in [7, 11) is 0. The lowest BCUT2D eigenvalue weighted by Crippen LogP contribution is -2.45. The molecule has 7 rings (SSSR count). The molecule has 260 valence electrons. The molecule has 0 spiro atoms. The van der Waals surface area contributed by atoms with Gasteiger partial charge in [-0.2, -0.15) is 0 Å². The topological polar surface area (TPSA) is 49.7 Å². The number of hydrogen-bond acceptors (Lipinski definition) is 5. The van der Waals surface area contributed by atoms with E-state index in [2.05, 4.69) is 80.9 Å². The average molecular weight is 673 g/mol. The van der Waals surface area contributed by atoms with Crippen molar-refractivity contribution in [2.24, 2.45) is 0 Å². The summed E-state index contributed by atoms with van der Waals surface area (Å²) in [6.45, 7) is 10.1. The maximum Gasteiger partial charge on any atom is 0.573 e. The van der Waals surface area contributed by atoms with Gasteiger partial charge < -0.3 is 14.6 Å². The Hall–Kier alpha value is -3.66. The summed E-state index contributed by atoms with van der Waals surface area (Å²) in [4.78, 5) is 18.0. The summed E-state index contributed by atoms with van der Waals surface area (Å²) in [6, 6.07) is 20.5. The molecule has 9 heteroatoms. The first-order chi connectivity index (χ1) is 23.6. The van der Waals surface area contributed by atoms with E-state index in [1.165, 1.54) is 40.8 Å². The highest BCUT2D eigenvalue weighted by atomic mass is 19.4. The van der Waals surface area contributed by atoms with E-state index in [-0.39, 0.29) is 11.8 Å². The highest BCUT2D eigenvalue weighted by molar-refractivity contribution is 5.96. The van der Waals surface area contributed by atoms with Gasteiger partial charge in [0, 0.05) is 73.9 Å². The van der Waals surface area contributed by atoms with Crippen LogP contribution in [0.3, 0.4) is 0 Å². The number of halogens is 3. The number of ketones is 1. The number of aryl methyl sites for hydroxylation is 3. The van der Waals surface area contributed by atoms with Crippen molar-refractivity contribution in [1.82, 2.24) is 19.7 Å². The zero-order valence-corrected chi connectivity index (χ0v) is 28.6. The Morgan fingerprint density at radius 1 is 0.918 bits per heavy atom. The number of benzene rings is 3. The third kappa shape index (κ3) is 7.74. The minimum absolute atomic E-state index is 0.00151. The van der Waals surface area contributed by atoms with Crippen molar-refractivity contribution in [3.63, 3.8) is 0 Å². The Bertz CT molecular complexity index is 1760. The van der Waals surface area contributed by atoms with Crippen molar-refractivity contribution in [2.45, 2.75) is 103 Å². The van der Waals surface area contributed by atoms with Crippen LogP contribution in [0.1, 0.15) is 67.2 Å². The maximum absolute atomic E-state index is 12.8. The summed E-state index contributed by atoms with van der Waals surface area (Å²) in [5.74, 6) is 0.0844. The molecule has 3 atom stereocenters. The summed E-state index contributed by atoms with van der Waals surface area (Å²) >= 11 is 0.